The molecule has 0 radical (unpaired) electrons. The Labute approximate surface area is 93.3 Å². The first-order chi connectivity index (χ1) is 7.74. The van der Waals surface area contributed by atoms with Crippen molar-refractivity contribution in [3.8, 4) is 11.4 Å². The van der Waals surface area contributed by atoms with Crippen LogP contribution < -0.4 is 5.73 Å². The summed E-state index contributed by atoms with van der Waals surface area (Å²) in [5, 5.41) is 4.11. The van der Waals surface area contributed by atoms with Crippen LogP contribution >= 0.6 is 0 Å². The second kappa shape index (κ2) is 3.30. The fraction of sp³-hybridized carbons (Fsp3) is 0.364. The van der Waals surface area contributed by atoms with E-state index in [4.69, 9.17) is 5.73 Å². The van der Waals surface area contributed by atoms with Crippen molar-refractivity contribution in [3.05, 3.63) is 23.7 Å². The first kappa shape index (κ1) is 9.33. The molecular formula is C11H13N5. The van der Waals surface area contributed by atoms with E-state index in [1.807, 2.05) is 13.2 Å². The van der Waals surface area contributed by atoms with Gasteiger partial charge in [0.1, 0.15) is 5.82 Å². The number of hydrogen-bond acceptors (Lipinski definition) is 4. The summed E-state index contributed by atoms with van der Waals surface area (Å²) in [5.41, 5.74) is 9.09. The normalized spacial score (nSPS) is 14.1. The summed E-state index contributed by atoms with van der Waals surface area (Å²) in [6, 6.07) is 0. The molecule has 2 aromatic heterocycles. The minimum Gasteiger partial charge on any atom is -0.383 e. The molecule has 0 spiro atoms. The molecule has 1 aliphatic rings. The number of rotatable bonds is 1. The number of nitrogen functional groups attached to an aromatic ring is 1. The summed E-state index contributed by atoms with van der Waals surface area (Å²) < 4.78 is 1.74. The third-order valence-electron chi connectivity index (χ3n) is 2.93. The van der Waals surface area contributed by atoms with Gasteiger partial charge in [0.15, 0.2) is 5.82 Å². The van der Waals surface area contributed by atoms with Crippen LogP contribution in [-0.4, -0.2) is 19.7 Å². The third kappa shape index (κ3) is 1.36. The molecule has 0 saturated carbocycles. The number of aryl methyl sites for hydroxylation is 2. The Morgan fingerprint density at radius 3 is 2.94 bits per heavy atom. The molecule has 0 aromatic carbocycles. The highest BCUT2D eigenvalue weighted by Gasteiger charge is 2.18. The number of nitrogens with zero attached hydrogens (tertiary/aromatic N) is 4. The van der Waals surface area contributed by atoms with Crippen molar-refractivity contribution in [1.29, 1.82) is 0 Å². The van der Waals surface area contributed by atoms with Crippen LogP contribution in [0.2, 0.25) is 0 Å². The Balaban J connectivity index is 2.12. The van der Waals surface area contributed by atoms with E-state index in [1.165, 1.54) is 0 Å². The van der Waals surface area contributed by atoms with Gasteiger partial charge in [0.2, 0.25) is 0 Å². The molecule has 0 aliphatic heterocycles. The smallest absolute Gasteiger partial charge is 0.164 e. The van der Waals surface area contributed by atoms with Gasteiger partial charge in [-0.3, -0.25) is 4.68 Å². The zero-order valence-corrected chi connectivity index (χ0v) is 9.14. The summed E-state index contributed by atoms with van der Waals surface area (Å²) >= 11 is 0. The Hall–Kier alpha value is -1.91. The maximum Gasteiger partial charge on any atom is 0.164 e. The maximum absolute atomic E-state index is 5.94. The maximum atomic E-state index is 5.94. The van der Waals surface area contributed by atoms with Crippen molar-refractivity contribution in [3.63, 3.8) is 0 Å². The van der Waals surface area contributed by atoms with E-state index in [1.54, 1.807) is 10.9 Å². The van der Waals surface area contributed by atoms with Crippen molar-refractivity contribution < 1.29 is 0 Å². The van der Waals surface area contributed by atoms with Gasteiger partial charge in [-0.05, 0) is 19.3 Å². The molecule has 82 valence electrons. The molecule has 0 fully saturated rings. The van der Waals surface area contributed by atoms with Crippen LogP contribution in [0.25, 0.3) is 11.4 Å². The molecule has 16 heavy (non-hydrogen) atoms. The SMILES string of the molecule is Cn1cc(-c2nc(N)c3c(n2)CCC3)cn1. The fourth-order valence-corrected chi connectivity index (χ4v) is 2.13. The molecule has 2 heterocycles. The highest BCUT2D eigenvalue weighted by Crippen LogP contribution is 2.26. The Morgan fingerprint density at radius 1 is 1.31 bits per heavy atom. The van der Waals surface area contributed by atoms with Gasteiger partial charge in [-0.1, -0.05) is 0 Å². The minimum atomic E-state index is 0.626. The van der Waals surface area contributed by atoms with E-state index in [0.717, 1.165) is 36.1 Å². The molecule has 1 aliphatic carbocycles. The molecule has 2 aromatic rings. The van der Waals surface area contributed by atoms with Crippen molar-refractivity contribution in [1.82, 2.24) is 19.7 Å². The molecule has 5 nitrogen and oxygen atoms in total. The van der Waals surface area contributed by atoms with Gasteiger partial charge in [-0.15, -0.1) is 0 Å². The highest BCUT2D eigenvalue weighted by molar-refractivity contribution is 5.57. The van der Waals surface area contributed by atoms with Gasteiger partial charge in [-0.25, -0.2) is 9.97 Å². The van der Waals surface area contributed by atoms with E-state index in [2.05, 4.69) is 15.1 Å². The quantitative estimate of drug-likeness (QED) is 0.768. The summed E-state index contributed by atoms with van der Waals surface area (Å²) in [6.07, 6.45) is 6.81. The molecule has 0 atom stereocenters. The van der Waals surface area contributed by atoms with Crippen LogP contribution in [0.15, 0.2) is 12.4 Å². The lowest BCUT2D eigenvalue weighted by atomic mass is 10.2. The summed E-state index contributed by atoms with van der Waals surface area (Å²) in [6.45, 7) is 0. The van der Waals surface area contributed by atoms with Gasteiger partial charge in [0, 0.05) is 24.5 Å². The van der Waals surface area contributed by atoms with Crippen molar-refractivity contribution in [2.45, 2.75) is 19.3 Å². The first-order valence-corrected chi connectivity index (χ1v) is 5.38. The average molecular weight is 215 g/mol. The number of aromatic nitrogens is 4. The van der Waals surface area contributed by atoms with Crippen molar-refractivity contribution in [2.24, 2.45) is 7.05 Å². The number of anilines is 1. The van der Waals surface area contributed by atoms with Gasteiger partial charge in [0.25, 0.3) is 0 Å². The lowest BCUT2D eigenvalue weighted by molar-refractivity contribution is 0.768. The minimum absolute atomic E-state index is 0.626. The monoisotopic (exact) mass is 215 g/mol. The number of nitrogens with two attached hydrogens (primary N) is 1. The van der Waals surface area contributed by atoms with Crippen LogP contribution in [0.5, 0.6) is 0 Å². The van der Waals surface area contributed by atoms with E-state index in [-0.39, 0.29) is 0 Å². The van der Waals surface area contributed by atoms with Crippen LogP contribution in [-0.2, 0) is 19.9 Å². The predicted octanol–water partition coefficient (Wildman–Crippen LogP) is 0.948. The van der Waals surface area contributed by atoms with Crippen LogP contribution in [0.3, 0.4) is 0 Å². The zero-order valence-electron chi connectivity index (χ0n) is 9.14. The van der Waals surface area contributed by atoms with Crippen LogP contribution in [0, 0.1) is 0 Å². The molecule has 0 saturated heterocycles. The predicted molar refractivity (Wildman–Crippen MR) is 60.7 cm³/mol. The molecule has 0 bridgehead atoms. The zero-order chi connectivity index (χ0) is 11.1. The number of fused-ring (bicyclic) bond motifs is 1. The van der Waals surface area contributed by atoms with Gasteiger partial charge in [0.05, 0.1) is 11.8 Å². The van der Waals surface area contributed by atoms with Gasteiger partial charge in [-0.2, -0.15) is 5.10 Å². The third-order valence-corrected chi connectivity index (χ3v) is 2.93. The molecule has 0 unspecified atom stereocenters. The summed E-state index contributed by atoms with van der Waals surface area (Å²) in [4.78, 5) is 8.89. The molecule has 2 N–H and O–H groups in total. The Morgan fingerprint density at radius 2 is 2.19 bits per heavy atom. The molecule has 0 amide bonds. The largest absolute Gasteiger partial charge is 0.383 e. The topological polar surface area (TPSA) is 69.6 Å². The Bertz CT molecular complexity index is 543. The fourth-order valence-electron chi connectivity index (χ4n) is 2.13. The second-order valence-electron chi connectivity index (χ2n) is 4.11. The molecule has 5 heteroatoms. The van der Waals surface area contributed by atoms with E-state index < -0.39 is 0 Å². The molecule has 3 rings (SSSR count). The average Bonchev–Trinajstić information content (AvgIpc) is 2.85. The highest BCUT2D eigenvalue weighted by atomic mass is 15.2. The van der Waals surface area contributed by atoms with Crippen molar-refractivity contribution >= 4 is 5.82 Å². The molecular weight excluding hydrogens is 202 g/mol. The van der Waals surface area contributed by atoms with Crippen molar-refractivity contribution in [2.75, 3.05) is 5.73 Å². The second-order valence-corrected chi connectivity index (χ2v) is 4.11. The van der Waals surface area contributed by atoms with E-state index in [0.29, 0.717) is 11.6 Å². The summed E-state index contributed by atoms with van der Waals surface area (Å²) in [5.74, 6) is 1.31. The number of hydrogen-bond donors (Lipinski definition) is 1. The first-order valence-electron chi connectivity index (χ1n) is 5.38. The lowest BCUT2D eigenvalue weighted by Crippen LogP contribution is -2.02. The summed E-state index contributed by atoms with van der Waals surface area (Å²) in [7, 11) is 1.88. The van der Waals surface area contributed by atoms with E-state index in [9.17, 15) is 0 Å². The lowest BCUT2D eigenvalue weighted by Gasteiger charge is -2.04. The van der Waals surface area contributed by atoms with Gasteiger partial charge >= 0.3 is 0 Å². The Kier molecular flexibility index (Phi) is 1.92. The standard InChI is InChI=1S/C11H13N5/c1-16-6-7(5-13-16)11-14-9-4-2-3-8(9)10(12)15-11/h5-6H,2-4H2,1H3,(H2,12,14,15). The van der Waals surface area contributed by atoms with Crippen LogP contribution in [0.1, 0.15) is 17.7 Å². The van der Waals surface area contributed by atoms with Gasteiger partial charge < -0.3 is 5.73 Å². The van der Waals surface area contributed by atoms with Crippen LogP contribution in [0.4, 0.5) is 5.82 Å². The van der Waals surface area contributed by atoms with E-state index >= 15 is 0 Å².